The van der Waals surface area contributed by atoms with E-state index in [1.807, 2.05) is 6.08 Å². The maximum absolute atomic E-state index is 12.0. The van der Waals surface area contributed by atoms with E-state index in [0.29, 0.717) is 13.1 Å². The number of hydrogen-bond donors (Lipinski definition) is 0. The Morgan fingerprint density at radius 1 is 1.25 bits per heavy atom. The fraction of sp³-hybridized carbons (Fsp3) is 0.818. The minimum Gasteiger partial charge on any atom is -0.298 e. The molecule has 1 aliphatic heterocycles. The van der Waals surface area contributed by atoms with Gasteiger partial charge < -0.3 is 0 Å². The number of hydrogen-bond acceptors (Lipinski definition) is 3. The predicted octanol–water partition coefficient (Wildman–Crippen LogP) is 0.918. The van der Waals surface area contributed by atoms with Crippen molar-refractivity contribution in [2.24, 2.45) is 0 Å². The summed E-state index contributed by atoms with van der Waals surface area (Å²) in [4.78, 5) is 2.24. The van der Waals surface area contributed by atoms with Crippen molar-refractivity contribution in [3.8, 4) is 0 Å². The molecular weight excluding hydrogens is 224 g/mol. The zero-order valence-electron chi connectivity index (χ0n) is 10.2. The Hall–Kier alpha value is -0.390. The molecule has 16 heavy (non-hydrogen) atoms. The topological polar surface area (TPSA) is 40.6 Å². The van der Waals surface area contributed by atoms with E-state index in [9.17, 15) is 8.42 Å². The van der Waals surface area contributed by atoms with Gasteiger partial charge in [-0.1, -0.05) is 6.08 Å². The SMILES string of the molecule is C=CCN1CCCN(S(=O)(=O)C(C)C)CC1. The molecule has 1 fully saturated rings. The summed E-state index contributed by atoms with van der Waals surface area (Å²) in [5, 5.41) is -0.321. The summed E-state index contributed by atoms with van der Waals surface area (Å²) in [5.41, 5.74) is 0. The van der Waals surface area contributed by atoms with Gasteiger partial charge in [0.2, 0.25) is 10.0 Å². The van der Waals surface area contributed by atoms with Crippen LogP contribution in [0.2, 0.25) is 0 Å². The van der Waals surface area contributed by atoms with Crippen LogP contribution in [0.4, 0.5) is 0 Å². The van der Waals surface area contributed by atoms with Crippen molar-refractivity contribution in [2.45, 2.75) is 25.5 Å². The van der Waals surface area contributed by atoms with Crippen LogP contribution in [0.5, 0.6) is 0 Å². The normalized spacial score (nSPS) is 20.9. The molecule has 0 N–H and O–H groups in total. The van der Waals surface area contributed by atoms with Gasteiger partial charge >= 0.3 is 0 Å². The van der Waals surface area contributed by atoms with Crippen molar-refractivity contribution in [1.82, 2.24) is 9.21 Å². The highest BCUT2D eigenvalue weighted by Gasteiger charge is 2.27. The van der Waals surface area contributed by atoms with E-state index in [-0.39, 0.29) is 5.25 Å². The van der Waals surface area contributed by atoms with Gasteiger partial charge in [0.15, 0.2) is 0 Å². The minimum atomic E-state index is -3.08. The highest BCUT2D eigenvalue weighted by molar-refractivity contribution is 7.89. The van der Waals surface area contributed by atoms with E-state index in [4.69, 9.17) is 0 Å². The molecule has 5 heteroatoms. The highest BCUT2D eigenvalue weighted by Crippen LogP contribution is 2.12. The van der Waals surface area contributed by atoms with Crippen molar-refractivity contribution in [2.75, 3.05) is 32.7 Å². The van der Waals surface area contributed by atoms with E-state index in [1.165, 1.54) is 0 Å². The zero-order valence-corrected chi connectivity index (χ0v) is 11.0. The molecule has 0 radical (unpaired) electrons. The van der Waals surface area contributed by atoms with E-state index < -0.39 is 10.0 Å². The summed E-state index contributed by atoms with van der Waals surface area (Å²) < 4.78 is 25.6. The molecule has 0 unspecified atom stereocenters. The van der Waals surface area contributed by atoms with Crippen molar-refractivity contribution < 1.29 is 8.42 Å². The lowest BCUT2D eigenvalue weighted by Crippen LogP contribution is -2.39. The van der Waals surface area contributed by atoms with Gasteiger partial charge in [-0.2, -0.15) is 0 Å². The second-order valence-corrected chi connectivity index (χ2v) is 6.92. The molecule has 1 aliphatic rings. The van der Waals surface area contributed by atoms with Gasteiger partial charge in [-0.05, 0) is 26.8 Å². The molecule has 1 rings (SSSR count). The highest BCUT2D eigenvalue weighted by atomic mass is 32.2. The van der Waals surface area contributed by atoms with Crippen LogP contribution < -0.4 is 0 Å². The van der Waals surface area contributed by atoms with Crippen molar-refractivity contribution in [1.29, 1.82) is 0 Å². The van der Waals surface area contributed by atoms with Crippen molar-refractivity contribution >= 4 is 10.0 Å². The molecule has 0 amide bonds. The molecule has 0 atom stereocenters. The second kappa shape index (κ2) is 5.80. The summed E-state index contributed by atoms with van der Waals surface area (Å²) >= 11 is 0. The molecule has 0 saturated carbocycles. The lowest BCUT2D eigenvalue weighted by molar-refractivity contribution is 0.316. The average molecular weight is 246 g/mol. The number of rotatable bonds is 4. The van der Waals surface area contributed by atoms with Crippen molar-refractivity contribution in [3.05, 3.63) is 12.7 Å². The summed E-state index contributed by atoms with van der Waals surface area (Å²) in [6.07, 6.45) is 2.77. The third kappa shape index (κ3) is 3.30. The zero-order chi connectivity index (χ0) is 12.2. The first-order valence-corrected chi connectivity index (χ1v) is 7.31. The maximum atomic E-state index is 12.0. The molecule has 1 saturated heterocycles. The van der Waals surface area contributed by atoms with Crippen LogP contribution in [0.25, 0.3) is 0 Å². The fourth-order valence-electron chi connectivity index (χ4n) is 1.87. The first-order chi connectivity index (χ1) is 7.48. The first-order valence-electron chi connectivity index (χ1n) is 5.80. The standard InChI is InChI=1S/C11H22N2O2S/c1-4-6-12-7-5-8-13(10-9-12)16(14,15)11(2)3/h4,11H,1,5-10H2,2-3H3. The quantitative estimate of drug-likeness (QED) is 0.693. The number of sulfonamides is 1. The third-order valence-corrected chi connectivity index (χ3v) is 5.17. The van der Waals surface area contributed by atoms with Crippen LogP contribution in [0.1, 0.15) is 20.3 Å². The van der Waals surface area contributed by atoms with Gasteiger partial charge in [0, 0.05) is 26.2 Å². The van der Waals surface area contributed by atoms with E-state index >= 15 is 0 Å². The Bertz CT molecular complexity index is 325. The molecular formula is C11H22N2O2S. The molecule has 0 aromatic carbocycles. The van der Waals surface area contributed by atoms with Gasteiger partial charge in [0.25, 0.3) is 0 Å². The van der Waals surface area contributed by atoms with Gasteiger partial charge in [0.1, 0.15) is 0 Å². The van der Waals surface area contributed by atoms with Gasteiger partial charge in [-0.25, -0.2) is 12.7 Å². The van der Waals surface area contributed by atoms with E-state index in [0.717, 1.165) is 26.1 Å². The molecule has 0 spiro atoms. The number of nitrogens with zero attached hydrogens (tertiary/aromatic N) is 2. The van der Waals surface area contributed by atoms with Crippen LogP contribution in [-0.2, 0) is 10.0 Å². The third-order valence-electron chi connectivity index (χ3n) is 2.89. The van der Waals surface area contributed by atoms with Crippen LogP contribution >= 0.6 is 0 Å². The van der Waals surface area contributed by atoms with Gasteiger partial charge in [-0.3, -0.25) is 4.90 Å². The summed E-state index contributed by atoms with van der Waals surface area (Å²) in [7, 11) is -3.08. The second-order valence-electron chi connectivity index (χ2n) is 4.44. The Morgan fingerprint density at radius 3 is 2.50 bits per heavy atom. The summed E-state index contributed by atoms with van der Waals surface area (Å²) in [6, 6.07) is 0. The molecule has 0 aliphatic carbocycles. The lowest BCUT2D eigenvalue weighted by atomic mass is 10.4. The predicted molar refractivity (Wildman–Crippen MR) is 66.9 cm³/mol. The van der Waals surface area contributed by atoms with Crippen LogP contribution in [0.3, 0.4) is 0 Å². The van der Waals surface area contributed by atoms with Crippen molar-refractivity contribution in [3.63, 3.8) is 0 Å². The molecule has 0 aromatic heterocycles. The maximum Gasteiger partial charge on any atom is 0.216 e. The smallest absolute Gasteiger partial charge is 0.216 e. The van der Waals surface area contributed by atoms with Crippen LogP contribution in [0, 0.1) is 0 Å². The minimum absolute atomic E-state index is 0.321. The summed E-state index contributed by atoms with van der Waals surface area (Å²) in [5.74, 6) is 0. The molecule has 0 aromatic rings. The Balaban J connectivity index is 2.63. The van der Waals surface area contributed by atoms with Gasteiger partial charge in [0.05, 0.1) is 5.25 Å². The largest absolute Gasteiger partial charge is 0.298 e. The van der Waals surface area contributed by atoms with E-state index in [1.54, 1.807) is 18.2 Å². The molecule has 94 valence electrons. The lowest BCUT2D eigenvalue weighted by Gasteiger charge is -2.22. The molecule has 4 nitrogen and oxygen atoms in total. The summed E-state index contributed by atoms with van der Waals surface area (Å²) in [6.45, 7) is 11.0. The molecule has 1 heterocycles. The Morgan fingerprint density at radius 2 is 1.94 bits per heavy atom. The van der Waals surface area contributed by atoms with Crippen LogP contribution in [-0.4, -0.2) is 55.6 Å². The van der Waals surface area contributed by atoms with E-state index in [2.05, 4.69) is 11.5 Å². The van der Waals surface area contributed by atoms with Gasteiger partial charge in [-0.15, -0.1) is 6.58 Å². The average Bonchev–Trinajstić information content (AvgIpc) is 2.44. The first kappa shape index (κ1) is 13.7. The Kier molecular flexibility index (Phi) is 4.95. The fourth-order valence-corrected chi connectivity index (χ4v) is 3.18. The van der Waals surface area contributed by atoms with Crippen LogP contribution in [0.15, 0.2) is 12.7 Å². The molecule has 0 bridgehead atoms. The Labute approximate surface area is 99.0 Å². The monoisotopic (exact) mass is 246 g/mol.